The predicted octanol–water partition coefficient (Wildman–Crippen LogP) is 4.81. The molecule has 6 nitrogen and oxygen atoms in total. The van der Waals surface area contributed by atoms with E-state index in [1.165, 1.54) is 0 Å². The summed E-state index contributed by atoms with van der Waals surface area (Å²) in [6.45, 7) is 2.35. The van der Waals surface area contributed by atoms with Crippen LogP contribution >= 0.6 is 0 Å². The lowest BCUT2D eigenvalue weighted by Gasteiger charge is -2.06. The second-order valence-electron chi connectivity index (χ2n) is 6.97. The van der Waals surface area contributed by atoms with Gasteiger partial charge in [-0.3, -0.25) is 9.89 Å². The number of nitrogens with one attached hydrogen (secondary N) is 2. The van der Waals surface area contributed by atoms with Crippen LogP contribution in [0.25, 0.3) is 11.3 Å². The number of carbonyl (C=O) groups is 1. The summed E-state index contributed by atoms with van der Waals surface area (Å²) in [5, 5.41) is 11.2. The van der Waals surface area contributed by atoms with Gasteiger partial charge in [0.2, 0.25) is 0 Å². The standard InChI is InChI=1S/C25H22N4O2/c1-18(20-10-6-3-7-11-20)26-29-25(30)24-16-23(27-28-24)21-12-14-22(15-13-21)31-17-19-8-4-2-5-9-19/h2-16H,17H2,1H3,(H,27,28)(H,29,30)/b26-18+. The molecule has 31 heavy (non-hydrogen) atoms. The molecular weight excluding hydrogens is 388 g/mol. The topological polar surface area (TPSA) is 79.4 Å². The summed E-state index contributed by atoms with van der Waals surface area (Å²) in [4.78, 5) is 12.4. The zero-order valence-electron chi connectivity index (χ0n) is 17.1. The highest BCUT2D eigenvalue weighted by Crippen LogP contribution is 2.22. The molecule has 0 fully saturated rings. The molecule has 0 aliphatic rings. The fourth-order valence-corrected chi connectivity index (χ4v) is 2.99. The summed E-state index contributed by atoms with van der Waals surface area (Å²) in [5.74, 6) is 0.420. The van der Waals surface area contributed by atoms with Crippen LogP contribution in [0.15, 0.2) is 96.1 Å². The first-order valence-electron chi connectivity index (χ1n) is 9.91. The second kappa shape index (κ2) is 9.54. The zero-order valence-corrected chi connectivity index (χ0v) is 17.1. The van der Waals surface area contributed by atoms with Gasteiger partial charge in [0.05, 0.1) is 11.4 Å². The number of H-pyrrole nitrogens is 1. The van der Waals surface area contributed by atoms with Crippen molar-refractivity contribution in [3.8, 4) is 17.0 Å². The highest BCUT2D eigenvalue weighted by molar-refractivity contribution is 6.00. The Morgan fingerprint density at radius 3 is 2.35 bits per heavy atom. The Hall–Kier alpha value is -4.19. The molecule has 0 bridgehead atoms. The molecule has 154 valence electrons. The van der Waals surface area contributed by atoms with E-state index < -0.39 is 0 Å². The fraction of sp³-hybridized carbons (Fsp3) is 0.0800. The molecular formula is C25H22N4O2. The van der Waals surface area contributed by atoms with E-state index in [-0.39, 0.29) is 5.91 Å². The molecule has 0 saturated carbocycles. The molecule has 4 rings (SSSR count). The van der Waals surface area contributed by atoms with Gasteiger partial charge in [0.25, 0.3) is 5.91 Å². The first kappa shape index (κ1) is 20.1. The number of nitrogens with zero attached hydrogens (tertiary/aromatic N) is 2. The lowest BCUT2D eigenvalue weighted by molar-refractivity contribution is 0.0950. The third-order valence-corrected chi connectivity index (χ3v) is 4.74. The van der Waals surface area contributed by atoms with E-state index in [2.05, 4.69) is 20.7 Å². The van der Waals surface area contributed by atoms with Crippen molar-refractivity contribution in [3.05, 3.63) is 108 Å². The van der Waals surface area contributed by atoms with Gasteiger partial charge >= 0.3 is 0 Å². The van der Waals surface area contributed by atoms with Crippen molar-refractivity contribution in [2.75, 3.05) is 0 Å². The van der Waals surface area contributed by atoms with Crippen LogP contribution in [0.4, 0.5) is 0 Å². The Labute approximate surface area is 180 Å². The summed E-state index contributed by atoms with van der Waals surface area (Å²) in [6, 6.07) is 29.0. The lowest BCUT2D eigenvalue weighted by atomic mass is 10.1. The molecule has 0 aliphatic heterocycles. The van der Waals surface area contributed by atoms with Gasteiger partial charge in [0, 0.05) is 5.56 Å². The summed E-state index contributed by atoms with van der Waals surface area (Å²) >= 11 is 0. The van der Waals surface area contributed by atoms with Crippen molar-refractivity contribution < 1.29 is 9.53 Å². The molecule has 0 saturated heterocycles. The Balaban J connectivity index is 1.37. The molecule has 4 aromatic rings. The average molecular weight is 410 g/mol. The molecule has 0 aliphatic carbocycles. The minimum absolute atomic E-state index is 0.337. The lowest BCUT2D eigenvalue weighted by Crippen LogP contribution is -2.19. The molecule has 0 radical (unpaired) electrons. The van der Waals surface area contributed by atoms with E-state index in [1.807, 2.05) is 91.9 Å². The van der Waals surface area contributed by atoms with Crippen LogP contribution in [0, 0.1) is 0 Å². The number of hydrogen-bond acceptors (Lipinski definition) is 4. The molecule has 0 atom stereocenters. The number of hydrazone groups is 1. The van der Waals surface area contributed by atoms with Crippen molar-refractivity contribution in [3.63, 3.8) is 0 Å². The van der Waals surface area contributed by atoms with Crippen molar-refractivity contribution in [1.29, 1.82) is 0 Å². The highest BCUT2D eigenvalue weighted by Gasteiger charge is 2.11. The van der Waals surface area contributed by atoms with Gasteiger partial charge < -0.3 is 4.74 Å². The normalized spacial score (nSPS) is 11.2. The number of ether oxygens (including phenoxy) is 1. The zero-order chi connectivity index (χ0) is 21.5. The first-order chi connectivity index (χ1) is 15.2. The smallest absolute Gasteiger partial charge is 0.289 e. The molecule has 2 N–H and O–H groups in total. The third-order valence-electron chi connectivity index (χ3n) is 4.74. The molecule has 0 unspecified atom stereocenters. The van der Waals surface area contributed by atoms with Gasteiger partial charge in [0.15, 0.2) is 0 Å². The monoisotopic (exact) mass is 410 g/mol. The third kappa shape index (κ3) is 5.25. The molecule has 0 spiro atoms. The van der Waals surface area contributed by atoms with Crippen molar-refractivity contribution in [2.24, 2.45) is 5.10 Å². The molecule has 3 aromatic carbocycles. The van der Waals surface area contributed by atoms with Crippen molar-refractivity contribution in [1.82, 2.24) is 15.6 Å². The minimum Gasteiger partial charge on any atom is -0.489 e. The van der Waals surface area contributed by atoms with Gasteiger partial charge in [-0.2, -0.15) is 10.2 Å². The molecule has 1 heterocycles. The van der Waals surface area contributed by atoms with Gasteiger partial charge in [-0.25, -0.2) is 5.43 Å². The number of aromatic nitrogens is 2. The van der Waals surface area contributed by atoms with Crippen LogP contribution in [0.1, 0.15) is 28.5 Å². The molecule has 1 amide bonds. The van der Waals surface area contributed by atoms with Crippen LogP contribution in [-0.4, -0.2) is 21.8 Å². The number of hydrogen-bond donors (Lipinski definition) is 2. The summed E-state index contributed by atoms with van der Waals surface area (Å²) in [7, 11) is 0. The molecule has 1 aromatic heterocycles. The van der Waals surface area contributed by atoms with E-state index in [0.29, 0.717) is 18.0 Å². The maximum absolute atomic E-state index is 12.4. The van der Waals surface area contributed by atoms with E-state index in [9.17, 15) is 4.79 Å². The predicted molar refractivity (Wildman–Crippen MR) is 121 cm³/mol. The van der Waals surface area contributed by atoms with E-state index >= 15 is 0 Å². The van der Waals surface area contributed by atoms with Gasteiger partial charge in [-0.05, 0) is 48.4 Å². The number of carbonyl (C=O) groups excluding carboxylic acids is 1. The highest BCUT2D eigenvalue weighted by atomic mass is 16.5. The number of rotatable bonds is 7. The Morgan fingerprint density at radius 2 is 1.65 bits per heavy atom. The number of amides is 1. The van der Waals surface area contributed by atoms with Crippen LogP contribution in [0.5, 0.6) is 5.75 Å². The van der Waals surface area contributed by atoms with Gasteiger partial charge in [-0.1, -0.05) is 60.7 Å². The second-order valence-corrected chi connectivity index (χ2v) is 6.97. The Morgan fingerprint density at radius 1 is 0.968 bits per heavy atom. The number of benzene rings is 3. The van der Waals surface area contributed by atoms with Crippen molar-refractivity contribution >= 4 is 11.6 Å². The van der Waals surface area contributed by atoms with Crippen LogP contribution in [-0.2, 0) is 6.61 Å². The maximum atomic E-state index is 12.4. The van der Waals surface area contributed by atoms with Gasteiger partial charge in [-0.15, -0.1) is 0 Å². The van der Waals surface area contributed by atoms with Crippen LogP contribution in [0.3, 0.4) is 0 Å². The van der Waals surface area contributed by atoms with Crippen LogP contribution < -0.4 is 10.2 Å². The largest absolute Gasteiger partial charge is 0.489 e. The van der Waals surface area contributed by atoms with E-state index in [0.717, 1.165) is 28.2 Å². The maximum Gasteiger partial charge on any atom is 0.289 e. The van der Waals surface area contributed by atoms with Crippen LogP contribution in [0.2, 0.25) is 0 Å². The van der Waals surface area contributed by atoms with E-state index in [1.54, 1.807) is 6.07 Å². The summed E-state index contributed by atoms with van der Waals surface area (Å²) in [5.41, 5.74) is 7.23. The Bertz CT molecular complexity index is 1170. The van der Waals surface area contributed by atoms with E-state index in [4.69, 9.17) is 4.74 Å². The van der Waals surface area contributed by atoms with Gasteiger partial charge in [0.1, 0.15) is 18.1 Å². The fourth-order valence-electron chi connectivity index (χ4n) is 2.99. The average Bonchev–Trinajstić information content (AvgIpc) is 3.33. The first-order valence-corrected chi connectivity index (χ1v) is 9.91. The number of aromatic amines is 1. The SMILES string of the molecule is C/C(=N\NC(=O)c1cc(-c2ccc(OCc3ccccc3)cc2)n[nH]1)c1ccccc1. The minimum atomic E-state index is -0.350. The summed E-state index contributed by atoms with van der Waals surface area (Å²) < 4.78 is 5.81. The van der Waals surface area contributed by atoms with Crippen molar-refractivity contribution in [2.45, 2.75) is 13.5 Å². The summed E-state index contributed by atoms with van der Waals surface area (Å²) in [6.07, 6.45) is 0. The Kier molecular flexibility index (Phi) is 6.18. The quantitative estimate of drug-likeness (QED) is 0.339. The molecule has 6 heteroatoms.